The number of ether oxygens (including phenoxy) is 1. The van der Waals surface area contributed by atoms with E-state index in [1.165, 1.54) is 30.5 Å². The predicted molar refractivity (Wildman–Crippen MR) is 114 cm³/mol. The molecule has 0 fully saturated rings. The summed E-state index contributed by atoms with van der Waals surface area (Å²) in [6.45, 7) is 0. The van der Waals surface area contributed by atoms with Gasteiger partial charge in [0, 0.05) is 21.2 Å². The van der Waals surface area contributed by atoms with Crippen molar-refractivity contribution in [3.8, 4) is 5.75 Å². The van der Waals surface area contributed by atoms with Crippen LogP contribution in [-0.2, 0) is 0 Å². The number of esters is 1. The number of amides is 1. The van der Waals surface area contributed by atoms with E-state index in [2.05, 4.69) is 10.5 Å². The molecule has 0 aromatic heterocycles. The monoisotopic (exact) mass is 446 g/mol. The van der Waals surface area contributed by atoms with E-state index in [-0.39, 0.29) is 22.2 Å². The van der Waals surface area contributed by atoms with E-state index in [1.54, 1.807) is 42.5 Å². The summed E-state index contributed by atoms with van der Waals surface area (Å²) in [5, 5.41) is 4.89. The van der Waals surface area contributed by atoms with Crippen LogP contribution < -0.4 is 10.2 Å². The topological polar surface area (TPSA) is 67.8 Å². The summed E-state index contributed by atoms with van der Waals surface area (Å²) in [4.78, 5) is 24.5. The Labute approximate surface area is 181 Å². The van der Waals surface area contributed by atoms with Crippen LogP contribution in [-0.4, -0.2) is 18.1 Å². The van der Waals surface area contributed by atoms with E-state index < -0.39 is 5.97 Å². The van der Waals surface area contributed by atoms with Gasteiger partial charge in [-0.15, -0.1) is 0 Å². The van der Waals surface area contributed by atoms with Gasteiger partial charge in [0.1, 0.15) is 5.75 Å². The number of hydrogen-bond donors (Lipinski definition) is 1. The number of hydrazone groups is 1. The minimum absolute atomic E-state index is 0.159. The van der Waals surface area contributed by atoms with Gasteiger partial charge in [0.05, 0.1) is 16.8 Å². The molecule has 3 aromatic rings. The molecule has 0 bridgehead atoms. The molecule has 0 aliphatic carbocycles. The highest BCUT2D eigenvalue weighted by molar-refractivity contribution is 6.36. The Morgan fingerprint density at radius 1 is 0.897 bits per heavy atom. The SMILES string of the molecule is O=C(N/N=C/c1cc(Cl)ccc1OC(=O)c1ccc(Cl)cc1Cl)c1ccccc1. The third kappa shape index (κ3) is 5.57. The maximum Gasteiger partial charge on any atom is 0.345 e. The Hall–Kier alpha value is -2.86. The van der Waals surface area contributed by atoms with Gasteiger partial charge < -0.3 is 4.74 Å². The third-order valence-electron chi connectivity index (χ3n) is 3.73. The Bertz CT molecular complexity index is 1090. The summed E-state index contributed by atoms with van der Waals surface area (Å²) in [5.41, 5.74) is 3.42. The number of benzene rings is 3. The highest BCUT2D eigenvalue weighted by atomic mass is 35.5. The van der Waals surface area contributed by atoms with Crippen molar-refractivity contribution in [2.24, 2.45) is 5.10 Å². The Morgan fingerprint density at radius 2 is 1.59 bits per heavy atom. The van der Waals surface area contributed by atoms with Crippen molar-refractivity contribution in [3.05, 3.63) is 98.5 Å². The Balaban J connectivity index is 1.77. The molecule has 3 rings (SSSR count). The molecule has 0 aliphatic rings. The van der Waals surface area contributed by atoms with Crippen molar-refractivity contribution in [2.45, 2.75) is 0 Å². The van der Waals surface area contributed by atoms with Gasteiger partial charge in [-0.25, -0.2) is 10.2 Å². The molecular weight excluding hydrogens is 435 g/mol. The number of halogens is 3. The van der Waals surface area contributed by atoms with Crippen LogP contribution in [0.15, 0.2) is 71.8 Å². The molecule has 0 heterocycles. The van der Waals surface area contributed by atoms with E-state index in [1.807, 2.05) is 0 Å². The van der Waals surface area contributed by atoms with E-state index in [0.29, 0.717) is 21.2 Å². The Kier molecular flexibility index (Phi) is 6.88. The number of rotatable bonds is 5. The number of nitrogens with one attached hydrogen (secondary N) is 1. The average Bonchev–Trinajstić information content (AvgIpc) is 2.70. The smallest absolute Gasteiger partial charge is 0.345 e. The van der Waals surface area contributed by atoms with Crippen LogP contribution in [0.2, 0.25) is 15.1 Å². The number of hydrogen-bond acceptors (Lipinski definition) is 4. The van der Waals surface area contributed by atoms with Gasteiger partial charge in [-0.3, -0.25) is 4.79 Å². The molecule has 0 aliphatic heterocycles. The Morgan fingerprint density at radius 3 is 2.31 bits per heavy atom. The largest absolute Gasteiger partial charge is 0.422 e. The zero-order valence-electron chi connectivity index (χ0n) is 14.7. The lowest BCUT2D eigenvalue weighted by molar-refractivity contribution is 0.0734. The molecule has 5 nitrogen and oxygen atoms in total. The lowest BCUT2D eigenvalue weighted by Gasteiger charge is -2.09. The van der Waals surface area contributed by atoms with Crippen LogP contribution >= 0.6 is 34.8 Å². The molecule has 0 unspecified atom stereocenters. The average molecular weight is 448 g/mol. The zero-order chi connectivity index (χ0) is 20.8. The van der Waals surface area contributed by atoms with Crippen molar-refractivity contribution in [1.29, 1.82) is 0 Å². The van der Waals surface area contributed by atoms with Crippen molar-refractivity contribution >= 4 is 52.9 Å². The maximum absolute atomic E-state index is 12.5. The summed E-state index contributed by atoms with van der Waals surface area (Å²) in [6, 6.07) is 17.7. The number of nitrogens with zero attached hydrogens (tertiary/aromatic N) is 1. The molecule has 8 heteroatoms. The first-order valence-electron chi connectivity index (χ1n) is 8.29. The first-order valence-corrected chi connectivity index (χ1v) is 9.42. The minimum atomic E-state index is -0.669. The van der Waals surface area contributed by atoms with Crippen molar-refractivity contribution < 1.29 is 14.3 Å². The minimum Gasteiger partial charge on any atom is -0.422 e. The van der Waals surface area contributed by atoms with Gasteiger partial charge in [0.25, 0.3) is 5.91 Å². The van der Waals surface area contributed by atoms with Crippen LogP contribution in [0.1, 0.15) is 26.3 Å². The van der Waals surface area contributed by atoms with Crippen LogP contribution in [0.25, 0.3) is 0 Å². The van der Waals surface area contributed by atoms with E-state index in [9.17, 15) is 9.59 Å². The van der Waals surface area contributed by atoms with Gasteiger partial charge in [-0.05, 0) is 48.5 Å². The van der Waals surface area contributed by atoms with Gasteiger partial charge >= 0.3 is 5.97 Å². The molecule has 0 saturated carbocycles. The van der Waals surface area contributed by atoms with E-state index in [0.717, 1.165) is 0 Å². The fraction of sp³-hybridized carbons (Fsp3) is 0. The first kappa shape index (κ1) is 20.9. The number of carbonyl (C=O) groups excluding carboxylic acids is 2. The van der Waals surface area contributed by atoms with Crippen molar-refractivity contribution in [2.75, 3.05) is 0 Å². The van der Waals surface area contributed by atoms with E-state index >= 15 is 0 Å². The van der Waals surface area contributed by atoms with Crippen molar-refractivity contribution in [1.82, 2.24) is 5.43 Å². The molecule has 3 aromatic carbocycles. The fourth-order valence-corrected chi connectivity index (χ4v) is 3.00. The van der Waals surface area contributed by atoms with E-state index in [4.69, 9.17) is 39.5 Å². The van der Waals surface area contributed by atoms with Gasteiger partial charge in [-0.2, -0.15) is 5.10 Å². The van der Waals surface area contributed by atoms with Crippen LogP contribution in [0.5, 0.6) is 5.75 Å². The molecule has 0 saturated heterocycles. The van der Waals surface area contributed by atoms with Crippen LogP contribution in [0.3, 0.4) is 0 Å². The maximum atomic E-state index is 12.5. The number of carbonyl (C=O) groups is 2. The normalized spacial score (nSPS) is 10.7. The molecule has 1 amide bonds. The van der Waals surface area contributed by atoms with Crippen LogP contribution in [0, 0.1) is 0 Å². The van der Waals surface area contributed by atoms with Crippen molar-refractivity contribution in [3.63, 3.8) is 0 Å². The predicted octanol–water partition coefficient (Wildman–Crippen LogP) is 5.63. The second-order valence-corrected chi connectivity index (χ2v) is 7.04. The molecule has 0 radical (unpaired) electrons. The third-order valence-corrected chi connectivity index (χ3v) is 4.51. The molecule has 0 spiro atoms. The summed E-state index contributed by atoms with van der Waals surface area (Å²) >= 11 is 17.9. The summed E-state index contributed by atoms with van der Waals surface area (Å²) in [7, 11) is 0. The van der Waals surface area contributed by atoms with Gasteiger partial charge in [0.15, 0.2) is 0 Å². The quantitative estimate of drug-likeness (QED) is 0.238. The van der Waals surface area contributed by atoms with Gasteiger partial charge in [0.2, 0.25) is 0 Å². The van der Waals surface area contributed by atoms with Gasteiger partial charge in [-0.1, -0.05) is 53.0 Å². The first-order chi connectivity index (χ1) is 13.9. The van der Waals surface area contributed by atoms with Crippen LogP contribution in [0.4, 0.5) is 0 Å². The standard InChI is InChI=1S/C21H13Cl3N2O3/c22-15-7-9-19(29-21(28)17-8-6-16(23)11-18(17)24)14(10-15)12-25-26-20(27)13-4-2-1-3-5-13/h1-12H,(H,26,27)/b25-12+. The fourth-order valence-electron chi connectivity index (χ4n) is 2.34. The molecule has 146 valence electrons. The lowest BCUT2D eigenvalue weighted by Crippen LogP contribution is -2.17. The summed E-state index contributed by atoms with van der Waals surface area (Å²) in [5.74, 6) is -0.851. The molecule has 0 atom stereocenters. The second kappa shape index (κ2) is 9.56. The lowest BCUT2D eigenvalue weighted by atomic mass is 10.2. The molecule has 1 N–H and O–H groups in total. The second-order valence-electron chi connectivity index (χ2n) is 5.76. The summed E-state index contributed by atoms with van der Waals surface area (Å²) in [6.07, 6.45) is 1.33. The summed E-state index contributed by atoms with van der Waals surface area (Å²) < 4.78 is 5.42. The highest BCUT2D eigenvalue weighted by Crippen LogP contribution is 2.25. The highest BCUT2D eigenvalue weighted by Gasteiger charge is 2.15. The zero-order valence-corrected chi connectivity index (χ0v) is 17.0. The molecular formula is C21H13Cl3N2O3. The molecule has 29 heavy (non-hydrogen) atoms.